The van der Waals surface area contributed by atoms with Crippen molar-refractivity contribution in [2.45, 2.75) is 26.1 Å². The van der Waals surface area contributed by atoms with Crippen LogP contribution in [0.15, 0.2) is 23.2 Å². The van der Waals surface area contributed by atoms with Gasteiger partial charge in [0.25, 0.3) is 0 Å². The van der Waals surface area contributed by atoms with Gasteiger partial charge in [-0.05, 0) is 19.9 Å². The van der Waals surface area contributed by atoms with Crippen LogP contribution in [-0.2, 0) is 4.74 Å². The summed E-state index contributed by atoms with van der Waals surface area (Å²) in [6, 6.07) is 1.81. The third-order valence-corrected chi connectivity index (χ3v) is 4.08. The third-order valence-electron chi connectivity index (χ3n) is 3.50. The first-order valence-electron chi connectivity index (χ1n) is 6.91. The zero-order valence-electron chi connectivity index (χ0n) is 12.0. The molecule has 6 heteroatoms. The molecule has 0 N–H and O–H groups in total. The van der Waals surface area contributed by atoms with E-state index in [1.165, 1.54) is 11.3 Å². The molecular formula is C15H17N3O2S. The molecule has 1 aliphatic rings. The van der Waals surface area contributed by atoms with Gasteiger partial charge in [0, 0.05) is 24.0 Å². The molecule has 0 saturated carbocycles. The second-order valence-corrected chi connectivity index (χ2v) is 6.00. The van der Waals surface area contributed by atoms with Crippen LogP contribution < -0.4 is 4.90 Å². The molecule has 0 spiro atoms. The number of aromatic nitrogens is 2. The van der Waals surface area contributed by atoms with Gasteiger partial charge in [0.1, 0.15) is 0 Å². The van der Waals surface area contributed by atoms with Gasteiger partial charge >= 0.3 is 0 Å². The monoisotopic (exact) mass is 303 g/mol. The van der Waals surface area contributed by atoms with E-state index >= 15 is 0 Å². The summed E-state index contributed by atoms with van der Waals surface area (Å²) in [5, 5.41) is 1.93. The highest BCUT2D eigenvalue weighted by molar-refractivity contribution is 7.07. The van der Waals surface area contributed by atoms with Crippen LogP contribution >= 0.6 is 11.3 Å². The number of hydrogen-bond donors (Lipinski definition) is 0. The molecule has 0 aliphatic carbocycles. The van der Waals surface area contributed by atoms with Gasteiger partial charge < -0.3 is 9.64 Å². The van der Waals surface area contributed by atoms with Gasteiger partial charge in [-0.25, -0.2) is 4.98 Å². The molecule has 0 radical (unpaired) electrons. The first-order chi connectivity index (χ1) is 10.2. The molecule has 1 saturated heterocycles. The second kappa shape index (κ2) is 5.91. The molecule has 5 nitrogen and oxygen atoms in total. The Bertz CT molecular complexity index is 620. The summed E-state index contributed by atoms with van der Waals surface area (Å²) in [6.45, 7) is 5.62. The lowest BCUT2D eigenvalue weighted by molar-refractivity contribution is -0.00527. The Morgan fingerprint density at radius 3 is 2.67 bits per heavy atom. The number of pyridine rings is 1. The van der Waals surface area contributed by atoms with Gasteiger partial charge in [-0.3, -0.25) is 9.78 Å². The third kappa shape index (κ3) is 2.96. The van der Waals surface area contributed by atoms with E-state index in [1.54, 1.807) is 11.7 Å². The van der Waals surface area contributed by atoms with Crippen LogP contribution in [0.25, 0.3) is 11.4 Å². The average Bonchev–Trinajstić information content (AvgIpc) is 2.99. The molecule has 1 aliphatic heterocycles. The Hall–Kier alpha value is -1.79. The van der Waals surface area contributed by atoms with Crippen LogP contribution in [0, 0.1) is 0 Å². The molecule has 2 aromatic heterocycles. The number of thiazole rings is 1. The van der Waals surface area contributed by atoms with Crippen LogP contribution in [0.3, 0.4) is 0 Å². The Morgan fingerprint density at radius 2 is 2.05 bits per heavy atom. The van der Waals surface area contributed by atoms with Crippen LogP contribution in [-0.4, -0.2) is 41.6 Å². The van der Waals surface area contributed by atoms with E-state index in [1.807, 2.05) is 25.3 Å². The molecule has 0 aromatic carbocycles. The number of hydrogen-bond acceptors (Lipinski definition) is 6. The Morgan fingerprint density at radius 1 is 1.29 bits per heavy atom. The van der Waals surface area contributed by atoms with Crippen molar-refractivity contribution in [3.63, 3.8) is 0 Å². The second-order valence-electron chi connectivity index (χ2n) is 5.28. The molecule has 110 valence electrons. The van der Waals surface area contributed by atoms with Gasteiger partial charge in [0.15, 0.2) is 6.29 Å². The largest absolute Gasteiger partial charge is 0.372 e. The molecule has 0 unspecified atom stereocenters. The lowest BCUT2D eigenvalue weighted by Gasteiger charge is -2.37. The number of morpholine rings is 1. The summed E-state index contributed by atoms with van der Waals surface area (Å²) in [6.07, 6.45) is 2.94. The molecule has 1 fully saturated rings. The predicted molar refractivity (Wildman–Crippen MR) is 83.0 cm³/mol. The van der Waals surface area contributed by atoms with E-state index in [-0.39, 0.29) is 12.2 Å². The first-order valence-corrected chi connectivity index (χ1v) is 7.86. The van der Waals surface area contributed by atoms with Gasteiger partial charge in [-0.1, -0.05) is 0 Å². The lowest BCUT2D eigenvalue weighted by atomic mass is 10.1. The number of nitrogens with zero attached hydrogens (tertiary/aromatic N) is 3. The van der Waals surface area contributed by atoms with Crippen LogP contribution in [0.2, 0.25) is 0 Å². The van der Waals surface area contributed by atoms with Crippen LogP contribution in [0.5, 0.6) is 0 Å². The van der Waals surface area contributed by atoms with E-state index in [4.69, 9.17) is 4.74 Å². The van der Waals surface area contributed by atoms with E-state index in [0.29, 0.717) is 5.56 Å². The summed E-state index contributed by atoms with van der Waals surface area (Å²) >= 11 is 1.51. The standard InChI is InChI=1S/C15H17N3O2S/c1-10-5-18(6-11(2)20-10)15-4-16-13(3-12(15)7-19)14-8-21-9-17-14/h3-4,7-11H,5-6H2,1-2H3/t10-,11+. The molecule has 2 aromatic rings. The fourth-order valence-electron chi connectivity index (χ4n) is 2.68. The highest BCUT2D eigenvalue weighted by Crippen LogP contribution is 2.26. The number of anilines is 1. The number of carbonyl (C=O) groups is 1. The maximum atomic E-state index is 11.5. The minimum absolute atomic E-state index is 0.145. The van der Waals surface area contributed by atoms with Crippen molar-refractivity contribution >= 4 is 23.3 Å². The zero-order chi connectivity index (χ0) is 14.8. The van der Waals surface area contributed by atoms with Gasteiger partial charge in [-0.15, -0.1) is 11.3 Å². The Kier molecular flexibility index (Phi) is 3.98. The number of rotatable bonds is 3. The van der Waals surface area contributed by atoms with E-state index < -0.39 is 0 Å². The van der Waals surface area contributed by atoms with Gasteiger partial charge in [0.2, 0.25) is 0 Å². The summed E-state index contributed by atoms with van der Waals surface area (Å²) in [7, 11) is 0. The van der Waals surface area contributed by atoms with Gasteiger partial charge in [-0.2, -0.15) is 0 Å². The van der Waals surface area contributed by atoms with E-state index in [9.17, 15) is 4.79 Å². The molecule has 3 rings (SSSR count). The number of aldehydes is 1. The molecular weight excluding hydrogens is 286 g/mol. The topological polar surface area (TPSA) is 55.3 Å². The maximum Gasteiger partial charge on any atom is 0.152 e. The fraction of sp³-hybridized carbons (Fsp3) is 0.400. The fourth-order valence-corrected chi connectivity index (χ4v) is 3.22. The Labute approximate surface area is 127 Å². The Balaban J connectivity index is 1.94. The average molecular weight is 303 g/mol. The van der Waals surface area contributed by atoms with Crippen molar-refractivity contribution in [2.24, 2.45) is 0 Å². The smallest absolute Gasteiger partial charge is 0.152 e. The summed E-state index contributed by atoms with van der Waals surface area (Å²) in [4.78, 5) is 22.3. The molecule has 21 heavy (non-hydrogen) atoms. The minimum Gasteiger partial charge on any atom is -0.372 e. The molecule has 3 heterocycles. The van der Waals surface area contributed by atoms with Crippen molar-refractivity contribution < 1.29 is 9.53 Å². The van der Waals surface area contributed by atoms with Crippen LogP contribution in [0.4, 0.5) is 5.69 Å². The SMILES string of the molecule is C[C@@H]1CN(c2cnc(-c3cscn3)cc2C=O)C[C@H](C)O1. The molecule has 2 atom stereocenters. The van der Waals surface area contributed by atoms with E-state index in [2.05, 4.69) is 14.9 Å². The summed E-state index contributed by atoms with van der Waals surface area (Å²) in [5.41, 5.74) is 4.81. The molecule has 0 bridgehead atoms. The van der Waals surface area contributed by atoms with Crippen molar-refractivity contribution in [3.8, 4) is 11.4 Å². The quantitative estimate of drug-likeness (QED) is 0.816. The van der Waals surface area contributed by atoms with Crippen molar-refractivity contribution in [2.75, 3.05) is 18.0 Å². The molecule has 0 amide bonds. The summed E-state index contributed by atoms with van der Waals surface area (Å²) < 4.78 is 5.73. The minimum atomic E-state index is 0.145. The van der Waals surface area contributed by atoms with Crippen molar-refractivity contribution in [3.05, 3.63) is 28.7 Å². The zero-order valence-corrected chi connectivity index (χ0v) is 12.8. The highest BCUT2D eigenvalue weighted by Gasteiger charge is 2.24. The van der Waals surface area contributed by atoms with E-state index in [0.717, 1.165) is 36.5 Å². The van der Waals surface area contributed by atoms with Crippen molar-refractivity contribution in [1.82, 2.24) is 9.97 Å². The van der Waals surface area contributed by atoms with Crippen LogP contribution in [0.1, 0.15) is 24.2 Å². The maximum absolute atomic E-state index is 11.5. The lowest BCUT2D eigenvalue weighted by Crippen LogP contribution is -2.45. The predicted octanol–water partition coefficient (Wildman–Crippen LogP) is 2.63. The summed E-state index contributed by atoms with van der Waals surface area (Å²) in [5.74, 6) is 0. The highest BCUT2D eigenvalue weighted by atomic mass is 32.1. The first kappa shape index (κ1) is 14.2. The normalized spacial score (nSPS) is 22.3. The number of ether oxygens (including phenoxy) is 1. The van der Waals surface area contributed by atoms with Gasteiger partial charge in [0.05, 0.1) is 41.0 Å². The number of carbonyl (C=O) groups excluding carboxylic acids is 1. The van der Waals surface area contributed by atoms with Crippen molar-refractivity contribution in [1.29, 1.82) is 0 Å².